The summed E-state index contributed by atoms with van der Waals surface area (Å²) in [4.78, 5) is 55.8. The number of rotatable bonds is 8. The number of aromatic amines is 1. The predicted molar refractivity (Wildman–Crippen MR) is 127 cm³/mol. The van der Waals surface area contributed by atoms with Crippen LogP contribution < -0.4 is 26.8 Å². The lowest BCUT2D eigenvalue weighted by molar-refractivity contribution is -0.119. The van der Waals surface area contributed by atoms with Crippen LogP contribution in [0.25, 0.3) is 0 Å². The van der Waals surface area contributed by atoms with Crippen LogP contribution in [0.3, 0.4) is 0 Å². The van der Waals surface area contributed by atoms with Gasteiger partial charge in [0.05, 0.1) is 6.61 Å². The zero-order chi connectivity index (χ0) is 24.1. The van der Waals surface area contributed by atoms with E-state index in [2.05, 4.69) is 4.98 Å². The lowest BCUT2D eigenvalue weighted by atomic mass is 10.1. The first-order chi connectivity index (χ1) is 15.7. The first-order valence-electron chi connectivity index (χ1n) is 11.1. The number of benzene rings is 1. The molecule has 0 aliphatic carbocycles. The normalized spacial score (nSPS) is 14.1. The summed E-state index contributed by atoms with van der Waals surface area (Å²) in [5.74, 6) is -0.376. The molecule has 178 valence electrons. The summed E-state index contributed by atoms with van der Waals surface area (Å²) in [5.41, 5.74) is 5.82. The molecule has 2 heterocycles. The zero-order valence-corrected chi connectivity index (χ0v) is 19.3. The number of nitrogens with two attached hydrogens (primary N) is 1. The molecule has 0 unspecified atom stereocenters. The van der Waals surface area contributed by atoms with Gasteiger partial charge < -0.3 is 15.4 Å². The highest BCUT2D eigenvalue weighted by molar-refractivity contribution is 6.07. The minimum Gasteiger partial charge on any atom is -0.383 e. The maximum absolute atomic E-state index is 13.4. The molecular weight excluding hydrogens is 426 g/mol. The SMILES string of the molecule is COCCN(C(=O)c1ccc(N2CCCCC2=O)cc1)c1c(N)n(CC(C)C)c(=O)[nH]c1=O. The summed E-state index contributed by atoms with van der Waals surface area (Å²) < 4.78 is 6.39. The number of anilines is 3. The number of hydrogen-bond donors (Lipinski definition) is 2. The molecule has 3 N–H and O–H groups in total. The molecule has 1 aromatic heterocycles. The van der Waals surface area contributed by atoms with Crippen molar-refractivity contribution in [3.8, 4) is 0 Å². The summed E-state index contributed by atoms with van der Waals surface area (Å²) in [7, 11) is 1.49. The molecule has 0 spiro atoms. The van der Waals surface area contributed by atoms with E-state index in [0.29, 0.717) is 25.1 Å². The minimum absolute atomic E-state index is 0.0637. The molecule has 3 rings (SSSR count). The molecule has 0 radical (unpaired) electrons. The molecule has 0 saturated carbocycles. The molecule has 1 aliphatic heterocycles. The number of nitrogens with zero attached hydrogens (tertiary/aromatic N) is 3. The Bertz CT molecular complexity index is 1120. The molecule has 10 nitrogen and oxygen atoms in total. The quantitative estimate of drug-likeness (QED) is 0.619. The monoisotopic (exact) mass is 457 g/mol. The fraction of sp³-hybridized carbons (Fsp3) is 0.478. The number of nitrogens with one attached hydrogen (secondary N) is 1. The number of nitrogen functional groups attached to an aromatic ring is 1. The van der Waals surface area contributed by atoms with Gasteiger partial charge in [-0.15, -0.1) is 0 Å². The lowest BCUT2D eigenvalue weighted by Crippen LogP contribution is -2.43. The van der Waals surface area contributed by atoms with Crippen LogP contribution in [0, 0.1) is 5.92 Å². The van der Waals surface area contributed by atoms with Gasteiger partial charge in [-0.3, -0.25) is 28.8 Å². The van der Waals surface area contributed by atoms with Gasteiger partial charge in [-0.05, 0) is 43.0 Å². The Morgan fingerprint density at radius 1 is 1.18 bits per heavy atom. The first kappa shape index (κ1) is 24.2. The third-order valence-electron chi connectivity index (χ3n) is 5.55. The fourth-order valence-corrected chi connectivity index (χ4v) is 3.90. The Hall–Kier alpha value is -3.40. The number of aromatic nitrogens is 2. The van der Waals surface area contributed by atoms with Crippen LogP contribution in [-0.2, 0) is 16.1 Å². The molecule has 0 atom stereocenters. The van der Waals surface area contributed by atoms with Crippen LogP contribution in [-0.4, -0.2) is 48.2 Å². The number of carbonyl (C=O) groups excluding carboxylic acids is 2. The minimum atomic E-state index is -0.738. The van der Waals surface area contributed by atoms with Gasteiger partial charge in [-0.2, -0.15) is 0 Å². The van der Waals surface area contributed by atoms with Crippen molar-refractivity contribution >= 4 is 29.0 Å². The van der Waals surface area contributed by atoms with Gasteiger partial charge in [-0.1, -0.05) is 13.8 Å². The second kappa shape index (κ2) is 10.5. The van der Waals surface area contributed by atoms with E-state index < -0.39 is 17.2 Å². The van der Waals surface area contributed by atoms with Crippen molar-refractivity contribution in [2.24, 2.45) is 5.92 Å². The van der Waals surface area contributed by atoms with Gasteiger partial charge in [0.25, 0.3) is 11.5 Å². The highest BCUT2D eigenvalue weighted by atomic mass is 16.5. The van der Waals surface area contributed by atoms with Gasteiger partial charge in [0.15, 0.2) is 5.69 Å². The van der Waals surface area contributed by atoms with Crippen LogP contribution >= 0.6 is 0 Å². The van der Waals surface area contributed by atoms with Gasteiger partial charge in [0.1, 0.15) is 5.82 Å². The van der Waals surface area contributed by atoms with E-state index in [1.807, 2.05) is 13.8 Å². The number of ether oxygens (including phenoxy) is 1. The van der Waals surface area contributed by atoms with Gasteiger partial charge >= 0.3 is 5.69 Å². The standard InChI is InChI=1S/C23H31N5O5/c1-15(2)14-28-20(24)19(21(30)25-23(28)32)27(12-13-33-3)22(31)16-7-9-17(10-8-16)26-11-5-4-6-18(26)29/h7-10,15H,4-6,11-14,24H2,1-3H3,(H,25,30,32). The third kappa shape index (κ3) is 5.33. The molecule has 10 heteroatoms. The van der Waals surface area contributed by atoms with E-state index in [4.69, 9.17) is 10.5 Å². The molecule has 1 aliphatic rings. The van der Waals surface area contributed by atoms with E-state index in [0.717, 1.165) is 18.5 Å². The van der Waals surface area contributed by atoms with Crippen molar-refractivity contribution < 1.29 is 14.3 Å². The van der Waals surface area contributed by atoms with E-state index >= 15 is 0 Å². The van der Waals surface area contributed by atoms with E-state index in [1.54, 1.807) is 29.2 Å². The molecule has 1 saturated heterocycles. The molecule has 1 fully saturated rings. The third-order valence-corrected chi connectivity index (χ3v) is 5.55. The van der Waals surface area contributed by atoms with Crippen molar-refractivity contribution in [2.75, 3.05) is 42.3 Å². The smallest absolute Gasteiger partial charge is 0.330 e. The van der Waals surface area contributed by atoms with E-state index in [-0.39, 0.29) is 36.5 Å². The van der Waals surface area contributed by atoms with Crippen LogP contribution in [0.15, 0.2) is 33.9 Å². The van der Waals surface area contributed by atoms with Crippen molar-refractivity contribution in [1.82, 2.24) is 9.55 Å². The average Bonchev–Trinajstić information content (AvgIpc) is 2.78. The second-order valence-corrected chi connectivity index (χ2v) is 8.50. The number of hydrogen-bond acceptors (Lipinski definition) is 6. The molecule has 33 heavy (non-hydrogen) atoms. The molecule has 2 aromatic rings. The zero-order valence-electron chi connectivity index (χ0n) is 19.3. The van der Waals surface area contributed by atoms with Crippen LogP contribution in [0.5, 0.6) is 0 Å². The predicted octanol–water partition coefficient (Wildman–Crippen LogP) is 1.58. The van der Waals surface area contributed by atoms with E-state index in [9.17, 15) is 19.2 Å². The Morgan fingerprint density at radius 3 is 2.48 bits per heavy atom. The van der Waals surface area contributed by atoms with Crippen molar-refractivity contribution in [3.63, 3.8) is 0 Å². The van der Waals surface area contributed by atoms with Gasteiger partial charge in [-0.25, -0.2) is 4.79 Å². The second-order valence-electron chi connectivity index (χ2n) is 8.50. The topological polar surface area (TPSA) is 131 Å². The summed E-state index contributed by atoms with van der Waals surface area (Å²) in [6.45, 7) is 5.00. The van der Waals surface area contributed by atoms with E-state index in [1.165, 1.54) is 16.6 Å². The largest absolute Gasteiger partial charge is 0.383 e. The lowest BCUT2D eigenvalue weighted by Gasteiger charge is -2.27. The Kier molecular flexibility index (Phi) is 7.70. The molecule has 0 bridgehead atoms. The maximum Gasteiger partial charge on any atom is 0.330 e. The number of carbonyl (C=O) groups is 2. The fourth-order valence-electron chi connectivity index (χ4n) is 3.90. The first-order valence-corrected chi connectivity index (χ1v) is 11.1. The summed E-state index contributed by atoms with van der Waals surface area (Å²) in [6.07, 6.45) is 2.33. The van der Waals surface area contributed by atoms with Gasteiger partial charge in [0, 0.05) is 44.4 Å². The van der Waals surface area contributed by atoms with Crippen LogP contribution in [0.2, 0.25) is 0 Å². The van der Waals surface area contributed by atoms with Crippen molar-refractivity contribution in [1.29, 1.82) is 0 Å². The van der Waals surface area contributed by atoms with Crippen LogP contribution in [0.1, 0.15) is 43.5 Å². The maximum atomic E-state index is 13.4. The number of piperidine rings is 1. The highest BCUT2D eigenvalue weighted by Gasteiger charge is 2.26. The average molecular weight is 458 g/mol. The molecule has 1 aromatic carbocycles. The van der Waals surface area contributed by atoms with Crippen molar-refractivity contribution in [3.05, 3.63) is 50.7 Å². The van der Waals surface area contributed by atoms with Crippen molar-refractivity contribution in [2.45, 2.75) is 39.7 Å². The summed E-state index contributed by atoms with van der Waals surface area (Å²) in [6, 6.07) is 6.68. The Balaban J connectivity index is 1.98. The molecular formula is C23H31N5O5. The molecule has 2 amide bonds. The summed E-state index contributed by atoms with van der Waals surface area (Å²) in [5, 5.41) is 0. The van der Waals surface area contributed by atoms with Gasteiger partial charge in [0.2, 0.25) is 5.91 Å². The number of H-pyrrole nitrogens is 1. The number of methoxy groups -OCH3 is 1. The summed E-state index contributed by atoms with van der Waals surface area (Å²) >= 11 is 0. The number of amides is 2. The Labute approximate surface area is 191 Å². The Morgan fingerprint density at radius 2 is 1.88 bits per heavy atom. The van der Waals surface area contributed by atoms with Crippen LogP contribution in [0.4, 0.5) is 17.2 Å². The highest BCUT2D eigenvalue weighted by Crippen LogP contribution is 2.24.